The summed E-state index contributed by atoms with van der Waals surface area (Å²) in [6, 6.07) is 3.72. The average Bonchev–Trinajstić information content (AvgIpc) is 2.46. The van der Waals surface area contributed by atoms with Gasteiger partial charge in [0.2, 0.25) is 0 Å². The summed E-state index contributed by atoms with van der Waals surface area (Å²) in [6.45, 7) is 8.86. The molecule has 1 aromatic rings. The van der Waals surface area contributed by atoms with Crippen LogP contribution in [-0.4, -0.2) is 19.5 Å². The molecule has 1 N–H and O–H groups in total. The van der Waals surface area contributed by atoms with E-state index in [9.17, 15) is 9.59 Å². The molecule has 0 fully saturated rings. The summed E-state index contributed by atoms with van der Waals surface area (Å²) < 4.78 is 1.89. The minimum absolute atomic E-state index is 0.0781. The van der Waals surface area contributed by atoms with Crippen LogP contribution < -0.4 is 11.2 Å². The molecule has 126 valence electrons. The van der Waals surface area contributed by atoms with Crippen molar-refractivity contribution in [2.24, 2.45) is 5.41 Å². The van der Waals surface area contributed by atoms with E-state index in [1.807, 2.05) is 17.6 Å². The number of rotatable bonds is 2. The summed E-state index contributed by atoms with van der Waals surface area (Å²) in [7, 11) is 0. The first-order valence-corrected chi connectivity index (χ1v) is 8.20. The zero-order chi connectivity index (χ0) is 17.6. The summed E-state index contributed by atoms with van der Waals surface area (Å²) in [4.78, 5) is 34.4. The van der Waals surface area contributed by atoms with Crippen LogP contribution in [0.2, 0.25) is 5.02 Å². The molecule has 0 unspecified atom stereocenters. The van der Waals surface area contributed by atoms with E-state index in [-0.39, 0.29) is 11.1 Å². The first-order chi connectivity index (χ1) is 11.2. The first kappa shape index (κ1) is 16.6. The number of H-pyrrole nitrogens is 1. The van der Waals surface area contributed by atoms with E-state index in [1.165, 1.54) is 0 Å². The van der Waals surface area contributed by atoms with Gasteiger partial charge in [0.15, 0.2) is 11.5 Å². The number of halogens is 1. The SMILES string of the molecule is CCc1cc2c(cc1Cl)nc1c(=O)[nH]c(=O)nc-1n2CC(C)(C)C. The molecule has 0 bridgehead atoms. The zero-order valence-electron chi connectivity index (χ0n) is 14.1. The molecule has 7 heteroatoms. The highest BCUT2D eigenvalue weighted by atomic mass is 35.5. The first-order valence-electron chi connectivity index (χ1n) is 7.82. The van der Waals surface area contributed by atoms with E-state index in [1.54, 1.807) is 6.07 Å². The Hall–Kier alpha value is -2.21. The van der Waals surface area contributed by atoms with Crippen molar-refractivity contribution in [3.8, 4) is 11.5 Å². The van der Waals surface area contributed by atoms with Crippen molar-refractivity contribution in [1.29, 1.82) is 0 Å². The van der Waals surface area contributed by atoms with Crippen LogP contribution in [-0.2, 0) is 13.0 Å². The van der Waals surface area contributed by atoms with E-state index in [2.05, 4.69) is 35.7 Å². The smallest absolute Gasteiger partial charge is 0.322 e. The van der Waals surface area contributed by atoms with Crippen LogP contribution in [0.4, 0.5) is 0 Å². The Morgan fingerprint density at radius 2 is 1.92 bits per heavy atom. The van der Waals surface area contributed by atoms with Gasteiger partial charge < -0.3 is 4.57 Å². The number of nitrogens with zero attached hydrogens (tertiary/aromatic N) is 3. The number of hydrogen-bond donors (Lipinski definition) is 1. The number of aromatic nitrogens is 4. The van der Waals surface area contributed by atoms with Gasteiger partial charge in [-0.15, -0.1) is 0 Å². The second kappa shape index (κ2) is 5.70. The molecule has 2 aliphatic rings. The maximum atomic E-state index is 12.2. The van der Waals surface area contributed by atoms with Crippen LogP contribution in [0.3, 0.4) is 0 Å². The normalized spacial score (nSPS) is 12.2. The van der Waals surface area contributed by atoms with E-state index >= 15 is 0 Å². The molecular formula is C17H19ClN4O2. The van der Waals surface area contributed by atoms with Gasteiger partial charge in [0.25, 0.3) is 5.56 Å². The average molecular weight is 347 g/mol. The van der Waals surface area contributed by atoms with Gasteiger partial charge in [0, 0.05) is 11.6 Å². The molecule has 24 heavy (non-hydrogen) atoms. The largest absolute Gasteiger partial charge is 0.349 e. The van der Waals surface area contributed by atoms with Gasteiger partial charge in [-0.1, -0.05) is 39.3 Å². The highest BCUT2D eigenvalue weighted by Crippen LogP contribution is 2.29. The van der Waals surface area contributed by atoms with E-state index in [4.69, 9.17) is 11.6 Å². The molecule has 2 aliphatic heterocycles. The maximum absolute atomic E-state index is 12.2. The van der Waals surface area contributed by atoms with Crippen molar-refractivity contribution in [1.82, 2.24) is 19.5 Å². The Labute approximate surface area is 143 Å². The number of fused-ring (bicyclic) bond motifs is 2. The lowest BCUT2D eigenvalue weighted by Crippen LogP contribution is -2.30. The van der Waals surface area contributed by atoms with Crippen LogP contribution in [0.5, 0.6) is 0 Å². The lowest BCUT2D eigenvalue weighted by Gasteiger charge is -2.25. The van der Waals surface area contributed by atoms with Crippen molar-refractivity contribution in [3.05, 3.63) is 43.6 Å². The Kier molecular flexibility index (Phi) is 3.95. The monoisotopic (exact) mass is 346 g/mol. The molecule has 1 aromatic carbocycles. The molecule has 3 rings (SSSR count). The second-order valence-corrected chi connectivity index (χ2v) is 7.49. The maximum Gasteiger partial charge on any atom is 0.349 e. The summed E-state index contributed by atoms with van der Waals surface area (Å²) in [5.41, 5.74) is 1.28. The summed E-state index contributed by atoms with van der Waals surface area (Å²) in [5.74, 6) is 0.301. The minimum atomic E-state index is -0.666. The fourth-order valence-electron chi connectivity index (χ4n) is 2.76. The standard InChI is InChI=1S/C17H19ClN4O2/c1-5-9-6-12-11(7-10(9)18)19-13-14(20-16(24)21-15(13)23)22(12)8-17(2,3)4/h6-7H,5,8H2,1-4H3,(H,21,23,24). The molecule has 0 amide bonds. The molecule has 2 heterocycles. The Morgan fingerprint density at radius 1 is 1.21 bits per heavy atom. The van der Waals surface area contributed by atoms with Gasteiger partial charge in [0.1, 0.15) is 0 Å². The van der Waals surface area contributed by atoms with Gasteiger partial charge in [-0.2, -0.15) is 4.98 Å². The number of aromatic amines is 1. The third-order valence-corrected chi connectivity index (χ3v) is 4.14. The van der Waals surface area contributed by atoms with E-state index < -0.39 is 11.2 Å². The van der Waals surface area contributed by atoms with Crippen molar-refractivity contribution in [2.45, 2.75) is 40.7 Å². The molecule has 0 spiro atoms. The van der Waals surface area contributed by atoms with Crippen LogP contribution >= 0.6 is 11.6 Å². The van der Waals surface area contributed by atoms with Gasteiger partial charge in [-0.25, -0.2) is 9.78 Å². The molecule has 0 atom stereocenters. The van der Waals surface area contributed by atoms with Crippen LogP contribution in [0, 0.1) is 5.41 Å². The quantitative estimate of drug-likeness (QED) is 0.723. The van der Waals surface area contributed by atoms with Crippen molar-refractivity contribution < 1.29 is 0 Å². The lowest BCUT2D eigenvalue weighted by atomic mass is 9.96. The number of hydrogen-bond acceptors (Lipinski definition) is 4. The minimum Gasteiger partial charge on any atom is -0.322 e. The molecule has 0 saturated heterocycles. The topological polar surface area (TPSA) is 80.6 Å². The highest BCUT2D eigenvalue weighted by molar-refractivity contribution is 6.32. The molecule has 0 aromatic heterocycles. The number of nitrogens with one attached hydrogen (secondary N) is 1. The second-order valence-electron chi connectivity index (χ2n) is 7.09. The van der Waals surface area contributed by atoms with Crippen LogP contribution in [0.25, 0.3) is 22.6 Å². The Bertz CT molecular complexity index is 1010. The molecule has 0 radical (unpaired) electrons. The van der Waals surface area contributed by atoms with Crippen molar-refractivity contribution in [2.75, 3.05) is 0 Å². The summed E-state index contributed by atoms with van der Waals surface area (Å²) >= 11 is 6.30. The van der Waals surface area contributed by atoms with E-state index in [0.29, 0.717) is 22.9 Å². The number of aryl methyl sites for hydroxylation is 1. The summed E-state index contributed by atoms with van der Waals surface area (Å²) in [6.07, 6.45) is 0.776. The van der Waals surface area contributed by atoms with Crippen molar-refractivity contribution in [3.63, 3.8) is 0 Å². The molecule has 0 aliphatic carbocycles. The molecular weight excluding hydrogens is 328 g/mol. The molecule has 6 nitrogen and oxygen atoms in total. The van der Waals surface area contributed by atoms with Gasteiger partial charge >= 0.3 is 5.69 Å². The van der Waals surface area contributed by atoms with Gasteiger partial charge in [0.05, 0.1) is 11.0 Å². The number of benzene rings is 1. The highest BCUT2D eigenvalue weighted by Gasteiger charge is 2.22. The summed E-state index contributed by atoms with van der Waals surface area (Å²) in [5, 5.41) is 0.615. The predicted molar refractivity (Wildman–Crippen MR) is 94.9 cm³/mol. The molecule has 0 saturated carbocycles. The predicted octanol–water partition coefficient (Wildman–Crippen LogP) is 2.85. The third kappa shape index (κ3) is 2.94. The van der Waals surface area contributed by atoms with Gasteiger partial charge in [-0.05, 0) is 29.5 Å². The fraction of sp³-hybridized carbons (Fsp3) is 0.412. The van der Waals surface area contributed by atoms with Crippen LogP contribution in [0.1, 0.15) is 33.3 Å². The van der Waals surface area contributed by atoms with E-state index in [0.717, 1.165) is 17.5 Å². The van der Waals surface area contributed by atoms with Crippen LogP contribution in [0.15, 0.2) is 21.7 Å². The van der Waals surface area contributed by atoms with Gasteiger partial charge in [-0.3, -0.25) is 9.78 Å². The Balaban J connectivity index is 2.51. The Morgan fingerprint density at radius 3 is 2.54 bits per heavy atom. The third-order valence-electron chi connectivity index (χ3n) is 3.79. The fourth-order valence-corrected chi connectivity index (χ4v) is 3.06. The zero-order valence-corrected chi connectivity index (χ0v) is 14.9. The lowest BCUT2D eigenvalue weighted by molar-refractivity contribution is 0.348. The van der Waals surface area contributed by atoms with Crippen molar-refractivity contribution >= 4 is 22.6 Å².